The van der Waals surface area contributed by atoms with Crippen LogP contribution in [0.2, 0.25) is 0 Å². The number of hydrogen-bond donors (Lipinski definition) is 1. The summed E-state index contributed by atoms with van der Waals surface area (Å²) in [6.45, 7) is 2.53. The van der Waals surface area contributed by atoms with Gasteiger partial charge in [0.2, 0.25) is 0 Å². The zero-order valence-electron chi connectivity index (χ0n) is 12.3. The number of ether oxygens (including phenoxy) is 2. The summed E-state index contributed by atoms with van der Waals surface area (Å²) in [5, 5.41) is 0. The summed E-state index contributed by atoms with van der Waals surface area (Å²) in [5.74, 6) is 1.65. The molecule has 2 N–H and O–H groups in total. The highest BCUT2D eigenvalue weighted by Gasteiger charge is 2.11. The molecule has 0 saturated heterocycles. The lowest BCUT2D eigenvalue weighted by atomic mass is 10.0. The van der Waals surface area contributed by atoms with Gasteiger partial charge in [0.15, 0.2) is 0 Å². The first-order chi connectivity index (χ1) is 10.2. The van der Waals surface area contributed by atoms with Crippen molar-refractivity contribution in [2.24, 2.45) is 5.73 Å². The van der Waals surface area contributed by atoms with Gasteiger partial charge in [0.25, 0.3) is 0 Å². The van der Waals surface area contributed by atoms with Gasteiger partial charge in [0.05, 0.1) is 7.11 Å². The number of rotatable bonds is 6. The molecule has 112 valence electrons. The summed E-state index contributed by atoms with van der Waals surface area (Å²) in [6.07, 6.45) is 0.878. The van der Waals surface area contributed by atoms with Crippen LogP contribution < -0.4 is 15.2 Å². The van der Waals surface area contributed by atoms with E-state index in [0.29, 0.717) is 6.61 Å². The fraction of sp³-hybridized carbons (Fsp3) is 0.294. The lowest BCUT2D eigenvalue weighted by Gasteiger charge is -2.16. The van der Waals surface area contributed by atoms with E-state index < -0.39 is 0 Å². The van der Waals surface area contributed by atoms with Crippen molar-refractivity contribution in [2.45, 2.75) is 26.0 Å². The van der Waals surface area contributed by atoms with Gasteiger partial charge in [-0.05, 0) is 30.7 Å². The number of methoxy groups -OCH3 is 1. The third kappa shape index (κ3) is 3.99. The van der Waals surface area contributed by atoms with Crippen LogP contribution in [-0.4, -0.2) is 7.11 Å². The van der Waals surface area contributed by atoms with E-state index in [0.717, 1.165) is 33.5 Å². The molecule has 0 aromatic heterocycles. The average molecular weight is 350 g/mol. The molecule has 0 aliphatic carbocycles. The van der Waals surface area contributed by atoms with Gasteiger partial charge in [-0.2, -0.15) is 0 Å². The van der Waals surface area contributed by atoms with Gasteiger partial charge < -0.3 is 15.2 Å². The number of halogens is 1. The summed E-state index contributed by atoms with van der Waals surface area (Å²) in [7, 11) is 1.66. The highest BCUT2D eigenvalue weighted by Crippen LogP contribution is 2.28. The van der Waals surface area contributed by atoms with E-state index in [2.05, 4.69) is 22.9 Å². The van der Waals surface area contributed by atoms with Gasteiger partial charge >= 0.3 is 0 Å². The molecule has 0 aliphatic heterocycles. The van der Waals surface area contributed by atoms with Crippen LogP contribution in [0.3, 0.4) is 0 Å². The fourth-order valence-electron chi connectivity index (χ4n) is 2.08. The third-order valence-electron chi connectivity index (χ3n) is 3.39. The number of benzene rings is 2. The number of para-hydroxylation sites is 1. The minimum Gasteiger partial charge on any atom is -0.497 e. The Labute approximate surface area is 134 Å². The van der Waals surface area contributed by atoms with Crippen LogP contribution in [0.5, 0.6) is 11.5 Å². The van der Waals surface area contributed by atoms with Crippen LogP contribution in [0.25, 0.3) is 0 Å². The zero-order chi connectivity index (χ0) is 15.2. The van der Waals surface area contributed by atoms with E-state index in [-0.39, 0.29) is 6.04 Å². The molecule has 0 fully saturated rings. The Morgan fingerprint density at radius 1 is 1.19 bits per heavy atom. The normalized spacial score (nSPS) is 12.0. The predicted octanol–water partition coefficient (Wildman–Crippen LogP) is 4.45. The first kappa shape index (κ1) is 15.9. The maximum Gasteiger partial charge on any atom is 0.124 e. The van der Waals surface area contributed by atoms with Crippen LogP contribution in [0.15, 0.2) is 46.9 Å². The highest BCUT2D eigenvalue weighted by atomic mass is 79.9. The second-order valence-electron chi connectivity index (χ2n) is 4.80. The SMILES string of the molecule is CC[C@@H](N)c1ccccc1OCc1cc(OC)ccc1Br. The molecule has 0 saturated carbocycles. The van der Waals surface area contributed by atoms with E-state index in [9.17, 15) is 0 Å². The monoisotopic (exact) mass is 349 g/mol. The first-order valence-electron chi connectivity index (χ1n) is 6.95. The summed E-state index contributed by atoms with van der Waals surface area (Å²) >= 11 is 3.53. The molecule has 0 aliphatic rings. The quantitative estimate of drug-likeness (QED) is 0.837. The molecule has 1 atom stereocenters. The molecule has 0 radical (unpaired) electrons. The molecule has 4 heteroatoms. The maximum atomic E-state index is 6.13. The average Bonchev–Trinajstić information content (AvgIpc) is 2.53. The van der Waals surface area contributed by atoms with Crippen molar-refractivity contribution in [3.05, 3.63) is 58.1 Å². The van der Waals surface area contributed by atoms with E-state index >= 15 is 0 Å². The molecular formula is C17H20BrNO2. The van der Waals surface area contributed by atoms with E-state index in [4.69, 9.17) is 15.2 Å². The molecule has 2 aromatic rings. The molecule has 3 nitrogen and oxygen atoms in total. The molecule has 0 amide bonds. The third-order valence-corrected chi connectivity index (χ3v) is 4.17. The van der Waals surface area contributed by atoms with Crippen LogP contribution >= 0.6 is 15.9 Å². The standard InChI is InChI=1S/C17H20BrNO2/c1-3-16(19)14-6-4-5-7-17(14)21-11-12-10-13(20-2)8-9-15(12)18/h4-10,16H,3,11,19H2,1-2H3/t16-/m1/s1. The Balaban J connectivity index is 2.17. The fourth-order valence-corrected chi connectivity index (χ4v) is 2.44. The Morgan fingerprint density at radius 3 is 2.67 bits per heavy atom. The summed E-state index contributed by atoms with van der Waals surface area (Å²) in [5.41, 5.74) is 8.21. The summed E-state index contributed by atoms with van der Waals surface area (Å²) in [6, 6.07) is 13.8. The number of hydrogen-bond acceptors (Lipinski definition) is 3. The van der Waals surface area contributed by atoms with Gasteiger partial charge in [0, 0.05) is 21.6 Å². The number of nitrogens with two attached hydrogens (primary N) is 1. The van der Waals surface area contributed by atoms with Crippen LogP contribution in [0.1, 0.15) is 30.5 Å². The Kier molecular flexibility index (Phi) is 5.65. The van der Waals surface area contributed by atoms with Crippen molar-refractivity contribution in [2.75, 3.05) is 7.11 Å². The summed E-state index contributed by atoms with van der Waals surface area (Å²) < 4.78 is 12.2. The van der Waals surface area contributed by atoms with Crippen molar-refractivity contribution in [1.82, 2.24) is 0 Å². The zero-order valence-corrected chi connectivity index (χ0v) is 13.9. The van der Waals surface area contributed by atoms with Gasteiger partial charge in [-0.25, -0.2) is 0 Å². The van der Waals surface area contributed by atoms with Crippen molar-refractivity contribution in [1.29, 1.82) is 0 Å². The minimum absolute atomic E-state index is 0.00468. The molecule has 0 spiro atoms. The first-order valence-corrected chi connectivity index (χ1v) is 7.74. The van der Waals surface area contributed by atoms with Gasteiger partial charge in [-0.1, -0.05) is 41.1 Å². The second-order valence-corrected chi connectivity index (χ2v) is 5.65. The maximum absolute atomic E-state index is 6.13. The second kappa shape index (κ2) is 7.48. The van der Waals surface area contributed by atoms with Crippen LogP contribution in [-0.2, 0) is 6.61 Å². The smallest absolute Gasteiger partial charge is 0.124 e. The van der Waals surface area contributed by atoms with Gasteiger partial charge in [-0.3, -0.25) is 0 Å². The molecule has 21 heavy (non-hydrogen) atoms. The Morgan fingerprint density at radius 2 is 1.95 bits per heavy atom. The lowest BCUT2D eigenvalue weighted by molar-refractivity contribution is 0.299. The van der Waals surface area contributed by atoms with E-state index in [1.807, 2.05) is 42.5 Å². The molecule has 0 unspecified atom stereocenters. The van der Waals surface area contributed by atoms with Crippen molar-refractivity contribution < 1.29 is 9.47 Å². The molecule has 2 aromatic carbocycles. The Bertz CT molecular complexity index is 601. The molecule has 0 heterocycles. The molecular weight excluding hydrogens is 330 g/mol. The van der Waals surface area contributed by atoms with Gasteiger partial charge in [-0.15, -0.1) is 0 Å². The summed E-state index contributed by atoms with van der Waals surface area (Å²) in [4.78, 5) is 0. The van der Waals surface area contributed by atoms with Crippen LogP contribution in [0, 0.1) is 0 Å². The van der Waals surface area contributed by atoms with Crippen molar-refractivity contribution in [3.8, 4) is 11.5 Å². The van der Waals surface area contributed by atoms with Gasteiger partial charge in [0.1, 0.15) is 18.1 Å². The molecule has 2 rings (SSSR count). The van der Waals surface area contributed by atoms with Crippen molar-refractivity contribution in [3.63, 3.8) is 0 Å². The highest BCUT2D eigenvalue weighted by molar-refractivity contribution is 9.10. The van der Waals surface area contributed by atoms with E-state index in [1.165, 1.54) is 0 Å². The Hall–Kier alpha value is -1.52. The largest absolute Gasteiger partial charge is 0.497 e. The predicted molar refractivity (Wildman–Crippen MR) is 88.7 cm³/mol. The minimum atomic E-state index is -0.00468. The molecule has 0 bridgehead atoms. The van der Waals surface area contributed by atoms with E-state index in [1.54, 1.807) is 7.11 Å². The lowest BCUT2D eigenvalue weighted by Crippen LogP contribution is -2.10. The van der Waals surface area contributed by atoms with Crippen LogP contribution in [0.4, 0.5) is 0 Å². The topological polar surface area (TPSA) is 44.5 Å². The van der Waals surface area contributed by atoms with Crippen molar-refractivity contribution >= 4 is 15.9 Å².